The molecule has 142 valence electrons. The maximum atomic E-state index is 13.2. The van der Waals surface area contributed by atoms with Gasteiger partial charge in [-0.05, 0) is 37.5 Å². The molecule has 1 fully saturated rings. The summed E-state index contributed by atoms with van der Waals surface area (Å²) in [6, 6.07) is 18.0. The number of hydrogen-bond acceptors (Lipinski definition) is 3. The monoisotopic (exact) mass is 392 g/mol. The van der Waals surface area contributed by atoms with Crippen molar-refractivity contribution in [1.29, 1.82) is 0 Å². The van der Waals surface area contributed by atoms with E-state index in [1.54, 1.807) is 0 Å². The fourth-order valence-electron chi connectivity index (χ4n) is 3.95. The zero-order valence-electron chi connectivity index (χ0n) is 15.6. The van der Waals surface area contributed by atoms with Gasteiger partial charge in [-0.15, -0.1) is 0 Å². The number of rotatable bonds is 4. The Morgan fingerprint density at radius 1 is 1.11 bits per heavy atom. The molecule has 2 aromatic carbocycles. The van der Waals surface area contributed by atoms with Crippen molar-refractivity contribution < 1.29 is 4.79 Å². The molecule has 3 aromatic rings. The molecule has 0 bridgehead atoms. The Kier molecular flexibility index (Phi) is 4.13. The van der Waals surface area contributed by atoms with Crippen LogP contribution in [0, 0.1) is 6.92 Å². The Balaban J connectivity index is 1.55. The van der Waals surface area contributed by atoms with Crippen molar-refractivity contribution in [3.8, 4) is 0 Å². The summed E-state index contributed by atoms with van der Waals surface area (Å²) in [7, 11) is 0. The maximum Gasteiger partial charge on any atom is 0.258 e. The van der Waals surface area contributed by atoms with Crippen LogP contribution >= 0.6 is 11.6 Å². The Morgan fingerprint density at radius 3 is 2.57 bits per heavy atom. The van der Waals surface area contributed by atoms with Gasteiger partial charge in [-0.3, -0.25) is 4.79 Å². The predicted molar refractivity (Wildman–Crippen MR) is 110 cm³/mol. The first-order valence-electron chi connectivity index (χ1n) is 9.58. The van der Waals surface area contributed by atoms with Crippen LogP contribution in [0.2, 0.25) is 5.15 Å². The van der Waals surface area contributed by atoms with Gasteiger partial charge in [0.1, 0.15) is 11.3 Å². The van der Waals surface area contributed by atoms with E-state index in [1.165, 1.54) is 0 Å². The molecule has 1 aliphatic carbocycles. The number of carbonyl (C=O) groups is 1. The first-order chi connectivity index (χ1) is 13.6. The summed E-state index contributed by atoms with van der Waals surface area (Å²) < 4.78 is 1.82. The maximum absolute atomic E-state index is 13.2. The van der Waals surface area contributed by atoms with E-state index >= 15 is 0 Å². The molecular formula is C22H21ClN4O. The third-order valence-electron chi connectivity index (χ3n) is 5.46. The minimum Gasteiger partial charge on any atom is -0.361 e. The molecule has 0 saturated heterocycles. The molecule has 2 aliphatic rings. The average Bonchev–Trinajstić information content (AvgIpc) is 3.49. The molecule has 1 atom stereocenters. The van der Waals surface area contributed by atoms with Crippen LogP contribution < -0.4 is 5.32 Å². The molecular weight excluding hydrogens is 372 g/mol. The predicted octanol–water partition coefficient (Wildman–Crippen LogP) is 4.62. The number of fused-ring (bicyclic) bond motifs is 1. The van der Waals surface area contributed by atoms with Crippen LogP contribution in [0.1, 0.15) is 46.2 Å². The fraction of sp³-hybridized carbons (Fsp3) is 0.273. The highest BCUT2D eigenvalue weighted by atomic mass is 35.5. The number of anilines is 1. The highest BCUT2D eigenvalue weighted by Gasteiger charge is 2.43. The highest BCUT2D eigenvalue weighted by molar-refractivity contribution is 6.30. The van der Waals surface area contributed by atoms with E-state index in [0.717, 1.165) is 40.9 Å². The third-order valence-corrected chi connectivity index (χ3v) is 5.86. The van der Waals surface area contributed by atoms with Crippen molar-refractivity contribution >= 4 is 23.2 Å². The number of nitrogens with one attached hydrogen (secondary N) is 1. The lowest BCUT2D eigenvalue weighted by Crippen LogP contribution is -2.44. The second-order valence-electron chi connectivity index (χ2n) is 7.47. The Hall–Kier alpha value is -2.79. The number of aromatic nitrogens is 2. The van der Waals surface area contributed by atoms with Crippen molar-refractivity contribution in [2.24, 2.45) is 0 Å². The van der Waals surface area contributed by atoms with Gasteiger partial charge in [-0.1, -0.05) is 54.1 Å². The van der Waals surface area contributed by atoms with Gasteiger partial charge < -0.3 is 10.2 Å². The van der Waals surface area contributed by atoms with Crippen molar-refractivity contribution in [3.63, 3.8) is 0 Å². The van der Waals surface area contributed by atoms with E-state index in [0.29, 0.717) is 11.7 Å². The lowest BCUT2D eigenvalue weighted by molar-refractivity contribution is 0.0666. The van der Waals surface area contributed by atoms with Gasteiger partial charge in [-0.25, -0.2) is 4.68 Å². The summed E-state index contributed by atoms with van der Waals surface area (Å²) in [6.07, 6.45) is 1.76. The van der Waals surface area contributed by atoms with Crippen LogP contribution in [0.5, 0.6) is 0 Å². The van der Waals surface area contributed by atoms with Gasteiger partial charge in [-0.2, -0.15) is 5.10 Å². The number of aryl methyl sites for hydroxylation is 1. The van der Waals surface area contributed by atoms with Crippen LogP contribution in [0.15, 0.2) is 54.6 Å². The van der Waals surface area contributed by atoms with Crippen LogP contribution in [-0.2, 0) is 6.54 Å². The Bertz CT molecular complexity index is 1040. The first-order valence-corrected chi connectivity index (χ1v) is 9.96. The molecule has 0 unspecified atom stereocenters. The number of benzene rings is 2. The number of carbonyl (C=O) groups excluding carboxylic acids is 1. The molecule has 28 heavy (non-hydrogen) atoms. The SMILES string of the molecule is Cc1nn(Cc2ccccc2)c(Cl)c1[C@H]1Nc2ccccc2C(=O)N1C1CC1. The molecule has 1 aliphatic heterocycles. The van der Waals surface area contributed by atoms with Crippen LogP contribution in [-0.4, -0.2) is 26.6 Å². The topological polar surface area (TPSA) is 50.2 Å². The quantitative estimate of drug-likeness (QED) is 0.704. The number of para-hydroxylation sites is 1. The number of nitrogens with zero attached hydrogens (tertiary/aromatic N) is 3. The lowest BCUT2D eigenvalue weighted by atomic mass is 10.0. The molecule has 5 nitrogen and oxygen atoms in total. The van der Waals surface area contributed by atoms with E-state index < -0.39 is 0 Å². The minimum atomic E-state index is -0.299. The average molecular weight is 393 g/mol. The molecule has 0 radical (unpaired) electrons. The van der Waals surface area contributed by atoms with E-state index in [2.05, 4.69) is 22.5 Å². The minimum absolute atomic E-state index is 0.0631. The summed E-state index contributed by atoms with van der Waals surface area (Å²) in [4.78, 5) is 15.2. The van der Waals surface area contributed by atoms with E-state index in [-0.39, 0.29) is 18.1 Å². The van der Waals surface area contributed by atoms with Crippen LogP contribution in [0.25, 0.3) is 0 Å². The second kappa shape index (κ2) is 6.67. The first kappa shape index (κ1) is 17.3. The normalized spacial score (nSPS) is 18.7. The van der Waals surface area contributed by atoms with Gasteiger partial charge in [0.15, 0.2) is 0 Å². The van der Waals surface area contributed by atoms with Gasteiger partial charge in [0.2, 0.25) is 0 Å². The van der Waals surface area contributed by atoms with Crippen LogP contribution in [0.3, 0.4) is 0 Å². The number of hydrogen-bond donors (Lipinski definition) is 1. The highest BCUT2D eigenvalue weighted by Crippen LogP contribution is 2.43. The number of amides is 1. The smallest absolute Gasteiger partial charge is 0.258 e. The summed E-state index contributed by atoms with van der Waals surface area (Å²) in [5.74, 6) is 0.0631. The molecule has 1 N–H and O–H groups in total. The summed E-state index contributed by atoms with van der Waals surface area (Å²) >= 11 is 6.80. The van der Waals surface area contributed by atoms with E-state index in [9.17, 15) is 4.79 Å². The van der Waals surface area contributed by atoms with Crippen molar-refractivity contribution in [2.45, 2.75) is 38.5 Å². The molecule has 5 rings (SSSR count). The van der Waals surface area contributed by atoms with Gasteiger partial charge in [0, 0.05) is 11.7 Å². The number of halogens is 1. The van der Waals surface area contributed by atoms with Crippen molar-refractivity contribution in [3.05, 3.63) is 82.1 Å². The van der Waals surface area contributed by atoms with E-state index in [4.69, 9.17) is 11.6 Å². The Morgan fingerprint density at radius 2 is 1.82 bits per heavy atom. The molecule has 0 spiro atoms. The zero-order chi connectivity index (χ0) is 19.3. The fourth-order valence-corrected chi connectivity index (χ4v) is 4.29. The summed E-state index contributed by atoms with van der Waals surface area (Å²) in [6.45, 7) is 2.56. The summed E-state index contributed by atoms with van der Waals surface area (Å²) in [5.41, 5.74) is 4.43. The zero-order valence-corrected chi connectivity index (χ0v) is 16.4. The largest absolute Gasteiger partial charge is 0.361 e. The lowest BCUT2D eigenvalue weighted by Gasteiger charge is -2.38. The van der Waals surface area contributed by atoms with Crippen molar-refractivity contribution in [1.82, 2.24) is 14.7 Å². The second-order valence-corrected chi connectivity index (χ2v) is 7.83. The molecule has 1 saturated carbocycles. The standard InChI is InChI=1S/C22H21ClN4O/c1-14-19(20(23)26(25-14)13-15-7-3-2-4-8-15)21-24-18-10-6-5-9-17(18)22(28)27(21)16-11-12-16/h2-10,16,21,24H,11-13H2,1H3/t21-/m0/s1. The molecule has 6 heteroatoms. The van der Waals surface area contributed by atoms with Gasteiger partial charge >= 0.3 is 0 Å². The Labute approximate surface area is 168 Å². The van der Waals surface area contributed by atoms with E-state index in [1.807, 2.05) is 59.0 Å². The summed E-state index contributed by atoms with van der Waals surface area (Å²) in [5, 5.41) is 8.80. The third kappa shape index (κ3) is 2.87. The van der Waals surface area contributed by atoms with Gasteiger partial charge in [0.05, 0.1) is 23.4 Å². The molecule has 1 aromatic heterocycles. The molecule has 1 amide bonds. The molecule has 2 heterocycles. The van der Waals surface area contributed by atoms with Gasteiger partial charge in [0.25, 0.3) is 5.91 Å². The van der Waals surface area contributed by atoms with Crippen molar-refractivity contribution in [2.75, 3.05) is 5.32 Å². The van der Waals surface area contributed by atoms with Crippen LogP contribution in [0.4, 0.5) is 5.69 Å².